The summed E-state index contributed by atoms with van der Waals surface area (Å²) in [5.41, 5.74) is 0.783. The number of carbonyl (C=O) groups excluding carboxylic acids is 6. The lowest BCUT2D eigenvalue weighted by Gasteiger charge is -2.36. The lowest BCUT2D eigenvalue weighted by Crippen LogP contribution is -2.56. The normalized spacial score (nSPS) is 17.8. The number of likely N-dealkylation sites (tertiary alicyclic amines) is 1. The van der Waals surface area contributed by atoms with E-state index in [1.807, 2.05) is 0 Å². The van der Waals surface area contributed by atoms with E-state index in [1.165, 1.54) is 28.2 Å². The van der Waals surface area contributed by atoms with Gasteiger partial charge in [0.15, 0.2) is 0 Å². The fourth-order valence-electron chi connectivity index (χ4n) is 7.81. The third-order valence-electron chi connectivity index (χ3n) is 11.2. The molecule has 1 aliphatic carbocycles. The molecule has 2 aromatic carbocycles. The molecule has 328 valence electrons. The Morgan fingerprint density at radius 1 is 0.885 bits per heavy atom. The highest BCUT2D eigenvalue weighted by atomic mass is 32.1. The third kappa shape index (κ3) is 11.4. The van der Waals surface area contributed by atoms with Gasteiger partial charge >= 0.3 is 6.09 Å². The van der Waals surface area contributed by atoms with E-state index in [-0.39, 0.29) is 74.1 Å². The first-order valence-corrected chi connectivity index (χ1v) is 22.0. The van der Waals surface area contributed by atoms with Gasteiger partial charge in [-0.2, -0.15) is 0 Å². The number of likely N-dealkylation sites (N-methyl/N-ethyl adjacent to an activating group) is 1. The Morgan fingerprint density at radius 2 is 1.56 bits per heavy atom. The number of ketones is 1. The van der Waals surface area contributed by atoms with Crippen LogP contribution in [0.15, 0.2) is 53.9 Å². The topological polar surface area (TPSA) is 174 Å². The molecule has 1 N–H and O–H groups in total. The van der Waals surface area contributed by atoms with Crippen LogP contribution >= 0.6 is 11.3 Å². The monoisotopic (exact) mass is 859 g/mol. The highest BCUT2D eigenvalue weighted by Crippen LogP contribution is 2.37. The van der Waals surface area contributed by atoms with Crippen molar-refractivity contribution in [2.24, 2.45) is 5.92 Å². The van der Waals surface area contributed by atoms with Gasteiger partial charge in [0.2, 0.25) is 17.6 Å². The second-order valence-electron chi connectivity index (χ2n) is 16.6. The van der Waals surface area contributed by atoms with Crippen molar-refractivity contribution >= 4 is 46.8 Å². The van der Waals surface area contributed by atoms with Gasteiger partial charge in [0.05, 0.1) is 50.1 Å². The van der Waals surface area contributed by atoms with Crippen LogP contribution in [0.3, 0.4) is 0 Å². The largest absolute Gasteiger partial charge is 0.491 e. The number of hydrogen-bond acceptors (Lipinski definition) is 12. The van der Waals surface area contributed by atoms with Crippen molar-refractivity contribution in [1.29, 1.82) is 0 Å². The molecule has 3 atom stereocenters. The number of thiazole rings is 1. The van der Waals surface area contributed by atoms with Gasteiger partial charge in [-0.05, 0) is 83.6 Å². The summed E-state index contributed by atoms with van der Waals surface area (Å²) in [6, 6.07) is 11.7. The molecule has 1 unspecified atom stereocenters. The smallest absolute Gasteiger partial charge is 0.410 e. The number of benzene rings is 2. The summed E-state index contributed by atoms with van der Waals surface area (Å²) in [4.78, 5) is 88.4. The molecule has 1 saturated carbocycles. The Labute approximate surface area is 361 Å². The Bertz CT molecular complexity index is 2020. The molecule has 0 radical (unpaired) electrons. The van der Waals surface area contributed by atoms with Crippen LogP contribution in [0.5, 0.6) is 5.75 Å². The summed E-state index contributed by atoms with van der Waals surface area (Å²) in [6.45, 7) is 8.86. The van der Waals surface area contributed by atoms with E-state index < -0.39 is 29.7 Å². The predicted octanol–water partition coefficient (Wildman–Crippen LogP) is 6.07. The number of hydrogen-bond donors (Lipinski definition) is 1. The first kappa shape index (κ1) is 45.3. The molecule has 0 spiro atoms. The number of amides is 5. The molecule has 3 heterocycles. The van der Waals surface area contributed by atoms with Crippen LogP contribution in [0.2, 0.25) is 0 Å². The van der Waals surface area contributed by atoms with E-state index in [2.05, 4.69) is 5.32 Å². The molecule has 16 heteroatoms. The number of imide groups is 1. The summed E-state index contributed by atoms with van der Waals surface area (Å²) >= 11 is 1.34. The highest BCUT2D eigenvalue weighted by molar-refractivity contribution is 7.10. The van der Waals surface area contributed by atoms with Crippen LogP contribution < -0.4 is 10.1 Å². The summed E-state index contributed by atoms with van der Waals surface area (Å²) < 4.78 is 22.5. The molecule has 3 aromatic rings. The Hall–Kier alpha value is -5.19. The third-order valence-corrected chi connectivity index (χ3v) is 12.2. The molecule has 2 aliphatic heterocycles. The maximum absolute atomic E-state index is 14.4. The number of nitrogens with zero attached hydrogens (tertiary/aromatic N) is 4. The molecule has 2 fully saturated rings. The van der Waals surface area contributed by atoms with E-state index in [1.54, 1.807) is 86.5 Å². The molecule has 6 rings (SSSR count). The summed E-state index contributed by atoms with van der Waals surface area (Å²) in [6.07, 6.45) is 5.49. The summed E-state index contributed by atoms with van der Waals surface area (Å²) in [5.74, 6) is -1.02. The standard InChI is InChI=1S/C45H57N5O10S/c1-29(48(5)44(56)60-45(2,3)4)39(52)47-37(30-13-7-6-8-14-30)43(55)49-20-12-19-36(49)40-46-35(28-61-40)38(51)31-15-11-16-32(27-31)59-26-25-58-24-23-57-22-21-50-41(53)33-17-9-10-18-34(33)42(50)54/h9-11,15-18,27-30,36-37H,6-8,12-14,19-26H2,1-5H3,(H,47,52)/t29?,36-,37-/m0/s1. The number of ether oxygens (including phenoxy) is 4. The molecule has 3 aliphatic rings. The summed E-state index contributed by atoms with van der Waals surface area (Å²) in [7, 11) is 1.52. The lowest BCUT2D eigenvalue weighted by molar-refractivity contribution is -0.140. The zero-order valence-electron chi connectivity index (χ0n) is 35.7. The molecule has 1 aromatic heterocycles. The number of fused-ring (bicyclic) bond motifs is 1. The summed E-state index contributed by atoms with van der Waals surface area (Å²) in [5, 5.41) is 5.42. The Morgan fingerprint density at radius 3 is 2.25 bits per heavy atom. The molecule has 5 amide bonds. The molecule has 61 heavy (non-hydrogen) atoms. The number of carbonyl (C=O) groups is 6. The fraction of sp³-hybridized carbons (Fsp3) is 0.533. The average molecular weight is 860 g/mol. The van der Waals surface area contributed by atoms with E-state index in [0.717, 1.165) is 38.5 Å². The van der Waals surface area contributed by atoms with Gasteiger partial charge < -0.3 is 29.2 Å². The molecule has 15 nitrogen and oxygen atoms in total. The number of rotatable bonds is 18. The van der Waals surface area contributed by atoms with Crippen molar-refractivity contribution < 1.29 is 47.7 Å². The van der Waals surface area contributed by atoms with Crippen LogP contribution in [0.1, 0.15) is 120 Å². The Kier molecular flexibility index (Phi) is 15.3. The molecular weight excluding hydrogens is 803 g/mol. The maximum Gasteiger partial charge on any atom is 0.410 e. The minimum absolute atomic E-state index is 0.0357. The van der Waals surface area contributed by atoms with Crippen LogP contribution in [0.25, 0.3) is 0 Å². The van der Waals surface area contributed by atoms with E-state index >= 15 is 0 Å². The van der Waals surface area contributed by atoms with Gasteiger partial charge in [-0.15, -0.1) is 11.3 Å². The SMILES string of the molecule is CC(C(=O)N[C@H](C(=O)N1CCC[C@H]1c1nc(C(=O)c2cccc(OCCOCCOCCN3C(=O)c4ccccc4C3=O)c2)cs1)C1CCCCC1)N(C)C(=O)OC(C)(C)C. The van der Waals surface area contributed by atoms with Crippen molar-refractivity contribution in [3.63, 3.8) is 0 Å². The van der Waals surface area contributed by atoms with Crippen molar-refractivity contribution in [3.8, 4) is 5.75 Å². The second kappa shape index (κ2) is 20.6. The van der Waals surface area contributed by atoms with Crippen molar-refractivity contribution in [1.82, 2.24) is 25.0 Å². The van der Waals surface area contributed by atoms with Gasteiger partial charge in [0.1, 0.15) is 40.7 Å². The minimum atomic E-state index is -0.862. The minimum Gasteiger partial charge on any atom is -0.491 e. The van der Waals surface area contributed by atoms with Gasteiger partial charge in [0, 0.05) is 24.5 Å². The van der Waals surface area contributed by atoms with Crippen molar-refractivity contribution in [3.05, 3.63) is 81.3 Å². The maximum atomic E-state index is 14.4. The molecular formula is C45H57N5O10S. The van der Waals surface area contributed by atoms with Gasteiger partial charge in [-0.3, -0.25) is 33.8 Å². The van der Waals surface area contributed by atoms with E-state index in [0.29, 0.717) is 47.0 Å². The van der Waals surface area contributed by atoms with Crippen LogP contribution in [-0.4, -0.2) is 126 Å². The number of aromatic nitrogens is 1. The zero-order valence-corrected chi connectivity index (χ0v) is 36.5. The van der Waals surface area contributed by atoms with Gasteiger partial charge in [0.25, 0.3) is 11.8 Å². The highest BCUT2D eigenvalue weighted by Gasteiger charge is 2.41. The Balaban J connectivity index is 0.977. The fourth-order valence-corrected chi connectivity index (χ4v) is 8.76. The first-order valence-electron chi connectivity index (χ1n) is 21.1. The molecule has 0 bridgehead atoms. The van der Waals surface area contributed by atoms with Crippen molar-refractivity contribution in [2.75, 3.05) is 53.2 Å². The quantitative estimate of drug-likeness (QED) is 0.0894. The van der Waals surface area contributed by atoms with Crippen LogP contribution in [-0.2, 0) is 23.8 Å². The number of nitrogens with one attached hydrogen (secondary N) is 1. The van der Waals surface area contributed by atoms with E-state index in [4.69, 9.17) is 23.9 Å². The predicted molar refractivity (Wildman–Crippen MR) is 227 cm³/mol. The second-order valence-corrected chi connectivity index (χ2v) is 17.5. The van der Waals surface area contributed by atoms with Crippen molar-refractivity contribution in [2.45, 2.75) is 96.4 Å². The van der Waals surface area contributed by atoms with Crippen LogP contribution in [0.4, 0.5) is 4.79 Å². The van der Waals surface area contributed by atoms with E-state index in [9.17, 15) is 28.8 Å². The average Bonchev–Trinajstić information content (AvgIpc) is 4.00. The molecule has 1 saturated heterocycles. The van der Waals surface area contributed by atoms with Gasteiger partial charge in [-0.1, -0.05) is 43.5 Å². The zero-order chi connectivity index (χ0) is 43.7. The van der Waals surface area contributed by atoms with Crippen LogP contribution in [0, 0.1) is 5.92 Å². The lowest BCUT2D eigenvalue weighted by atomic mass is 9.83. The van der Waals surface area contributed by atoms with Gasteiger partial charge in [-0.25, -0.2) is 9.78 Å². The first-order chi connectivity index (χ1) is 29.2.